The quantitative estimate of drug-likeness (QED) is 0.718. The minimum absolute atomic E-state index is 0.0449. The third kappa shape index (κ3) is 3.11. The van der Waals surface area contributed by atoms with Crippen LogP contribution < -0.4 is 0 Å². The predicted octanol–water partition coefficient (Wildman–Crippen LogP) is 4.07. The molecule has 0 aliphatic carbocycles. The van der Waals surface area contributed by atoms with Gasteiger partial charge in [0, 0.05) is 0 Å². The number of aromatic nitrogens is 3. The summed E-state index contributed by atoms with van der Waals surface area (Å²) in [4.78, 5) is 3.58. The monoisotopic (exact) mass is 359 g/mol. The van der Waals surface area contributed by atoms with E-state index in [1.165, 1.54) is 0 Å². The molecule has 20 heavy (non-hydrogen) atoms. The summed E-state index contributed by atoms with van der Waals surface area (Å²) in [5.41, 5.74) is -3.20. The normalized spacial score (nSPS) is 12.8. The molecule has 1 aromatic heterocycles. The molecule has 2 aromatic rings. The van der Waals surface area contributed by atoms with Crippen LogP contribution in [0.2, 0.25) is 0 Å². The zero-order valence-corrected chi connectivity index (χ0v) is 10.9. The van der Waals surface area contributed by atoms with Gasteiger partial charge in [0.05, 0.1) is 16.8 Å². The van der Waals surface area contributed by atoms with Gasteiger partial charge in [-0.05, 0) is 34.1 Å². The van der Waals surface area contributed by atoms with Crippen LogP contribution in [0.4, 0.5) is 26.3 Å². The van der Waals surface area contributed by atoms with E-state index in [4.69, 9.17) is 0 Å². The number of halogens is 7. The topological polar surface area (TPSA) is 30.7 Å². The highest BCUT2D eigenvalue weighted by atomic mass is 79.9. The van der Waals surface area contributed by atoms with Crippen LogP contribution in [0.3, 0.4) is 0 Å². The van der Waals surface area contributed by atoms with Crippen molar-refractivity contribution in [2.24, 2.45) is 0 Å². The van der Waals surface area contributed by atoms with E-state index in [2.05, 4.69) is 26.0 Å². The van der Waals surface area contributed by atoms with Crippen molar-refractivity contribution in [2.45, 2.75) is 12.4 Å². The molecular weight excluding hydrogens is 356 g/mol. The number of nitrogens with zero attached hydrogens (tertiary/aromatic N) is 3. The molecule has 0 N–H and O–H groups in total. The van der Waals surface area contributed by atoms with Gasteiger partial charge in [-0.2, -0.15) is 26.3 Å². The van der Waals surface area contributed by atoms with Gasteiger partial charge in [-0.15, -0.1) is 5.10 Å². The lowest BCUT2D eigenvalue weighted by molar-refractivity contribution is -0.143. The summed E-state index contributed by atoms with van der Waals surface area (Å²) in [6.45, 7) is 0. The summed E-state index contributed by atoms with van der Waals surface area (Å²) in [7, 11) is 0. The Bertz CT molecular complexity index is 598. The van der Waals surface area contributed by atoms with Crippen molar-refractivity contribution >= 4 is 15.9 Å². The third-order valence-corrected chi connectivity index (χ3v) is 2.66. The van der Waals surface area contributed by atoms with Gasteiger partial charge < -0.3 is 0 Å². The van der Waals surface area contributed by atoms with E-state index in [0.717, 1.165) is 11.0 Å². The summed E-state index contributed by atoms with van der Waals surface area (Å²) in [6.07, 6.45) is -8.79. The Balaban J connectivity index is 2.63. The van der Waals surface area contributed by atoms with E-state index in [1.54, 1.807) is 0 Å². The molecule has 0 fully saturated rings. The van der Waals surface area contributed by atoms with Gasteiger partial charge in [-0.1, -0.05) is 0 Å². The maximum absolute atomic E-state index is 12.6. The first-order valence-electron chi connectivity index (χ1n) is 4.94. The average molecular weight is 360 g/mol. The van der Waals surface area contributed by atoms with E-state index in [-0.39, 0.29) is 16.5 Å². The van der Waals surface area contributed by atoms with Gasteiger partial charge in [-0.3, -0.25) is 0 Å². The predicted molar refractivity (Wildman–Crippen MR) is 59.1 cm³/mol. The Kier molecular flexibility index (Phi) is 3.53. The van der Waals surface area contributed by atoms with Crippen molar-refractivity contribution in [3.63, 3.8) is 0 Å². The van der Waals surface area contributed by atoms with Crippen LogP contribution in [0.1, 0.15) is 11.1 Å². The van der Waals surface area contributed by atoms with Gasteiger partial charge in [0.25, 0.3) is 0 Å². The first-order chi connectivity index (χ1) is 9.07. The summed E-state index contributed by atoms with van der Waals surface area (Å²) < 4.78 is 76.7. The molecule has 10 heteroatoms. The number of benzene rings is 1. The zero-order chi connectivity index (χ0) is 15.1. The molecule has 0 unspecified atom stereocenters. The highest BCUT2D eigenvalue weighted by Crippen LogP contribution is 2.36. The molecule has 108 valence electrons. The fraction of sp³-hybridized carbons (Fsp3) is 0.200. The Hall–Kier alpha value is -1.58. The number of hydrogen-bond acceptors (Lipinski definition) is 2. The lowest BCUT2D eigenvalue weighted by Crippen LogP contribution is -2.12. The molecule has 0 atom stereocenters. The van der Waals surface area contributed by atoms with Crippen molar-refractivity contribution in [3.05, 3.63) is 40.4 Å². The SMILES string of the molecule is FC(F)(F)c1cc(-n2cnc(Br)n2)cc(C(F)(F)F)c1. The molecule has 0 saturated heterocycles. The maximum Gasteiger partial charge on any atom is 0.416 e. The minimum atomic E-state index is -4.90. The highest BCUT2D eigenvalue weighted by molar-refractivity contribution is 9.10. The Morgan fingerprint density at radius 3 is 1.75 bits per heavy atom. The third-order valence-electron chi connectivity index (χ3n) is 2.30. The first kappa shape index (κ1) is 14.8. The summed E-state index contributed by atoms with van der Waals surface area (Å²) in [6, 6.07) is 1.18. The van der Waals surface area contributed by atoms with Crippen LogP contribution in [0.15, 0.2) is 29.3 Å². The lowest BCUT2D eigenvalue weighted by atomic mass is 10.1. The van der Waals surface area contributed by atoms with Crippen molar-refractivity contribution in [1.82, 2.24) is 14.8 Å². The number of alkyl halides is 6. The molecule has 3 nitrogen and oxygen atoms in total. The average Bonchev–Trinajstić information content (AvgIpc) is 2.73. The molecule has 0 aliphatic rings. The standard InChI is InChI=1S/C10H4BrF6N3/c11-8-18-4-20(19-8)7-2-5(9(12,13)14)1-6(3-7)10(15,16)17/h1-4H. The van der Waals surface area contributed by atoms with Crippen LogP contribution in [0.5, 0.6) is 0 Å². The molecule has 0 spiro atoms. The Morgan fingerprint density at radius 1 is 0.900 bits per heavy atom. The summed E-state index contributed by atoms with van der Waals surface area (Å²) >= 11 is 2.86. The molecule has 0 aliphatic heterocycles. The smallest absolute Gasteiger partial charge is 0.220 e. The minimum Gasteiger partial charge on any atom is -0.220 e. The molecule has 2 rings (SSSR count). The fourth-order valence-electron chi connectivity index (χ4n) is 1.44. The van der Waals surface area contributed by atoms with Crippen LogP contribution in [0, 0.1) is 0 Å². The molecule has 0 saturated carbocycles. The molecule has 0 radical (unpaired) electrons. The Labute approximate surface area is 116 Å². The van der Waals surface area contributed by atoms with Crippen molar-refractivity contribution in [1.29, 1.82) is 0 Å². The van der Waals surface area contributed by atoms with Crippen molar-refractivity contribution < 1.29 is 26.3 Å². The van der Waals surface area contributed by atoms with E-state index in [1.807, 2.05) is 0 Å². The van der Waals surface area contributed by atoms with Gasteiger partial charge in [0.2, 0.25) is 4.73 Å². The molecule has 1 aromatic carbocycles. The maximum atomic E-state index is 12.6. The molecule has 0 amide bonds. The molecule has 1 heterocycles. The fourth-order valence-corrected chi connectivity index (χ4v) is 1.70. The summed E-state index contributed by atoms with van der Waals surface area (Å²) in [5.74, 6) is 0. The second-order valence-electron chi connectivity index (χ2n) is 3.72. The van der Waals surface area contributed by atoms with E-state index >= 15 is 0 Å². The number of hydrogen-bond donors (Lipinski definition) is 0. The van der Waals surface area contributed by atoms with Gasteiger partial charge in [0.1, 0.15) is 6.33 Å². The number of rotatable bonds is 1. The van der Waals surface area contributed by atoms with Crippen LogP contribution >= 0.6 is 15.9 Å². The highest BCUT2D eigenvalue weighted by Gasteiger charge is 2.37. The first-order valence-corrected chi connectivity index (χ1v) is 5.74. The van der Waals surface area contributed by atoms with Crippen LogP contribution in [0.25, 0.3) is 5.69 Å². The van der Waals surface area contributed by atoms with Crippen LogP contribution in [-0.2, 0) is 12.4 Å². The van der Waals surface area contributed by atoms with Gasteiger partial charge in [-0.25, -0.2) is 9.67 Å². The largest absolute Gasteiger partial charge is 0.416 e. The van der Waals surface area contributed by atoms with E-state index in [9.17, 15) is 26.3 Å². The lowest BCUT2D eigenvalue weighted by Gasteiger charge is -2.13. The Morgan fingerprint density at radius 2 is 1.40 bits per heavy atom. The molecule has 0 bridgehead atoms. The second kappa shape index (κ2) is 4.76. The van der Waals surface area contributed by atoms with Crippen molar-refractivity contribution in [2.75, 3.05) is 0 Å². The second-order valence-corrected chi connectivity index (χ2v) is 4.43. The van der Waals surface area contributed by atoms with Gasteiger partial charge in [0.15, 0.2) is 0 Å². The van der Waals surface area contributed by atoms with E-state index in [0.29, 0.717) is 12.1 Å². The van der Waals surface area contributed by atoms with E-state index < -0.39 is 23.5 Å². The molecular formula is C10H4BrF6N3. The van der Waals surface area contributed by atoms with Crippen LogP contribution in [-0.4, -0.2) is 14.8 Å². The van der Waals surface area contributed by atoms with Crippen molar-refractivity contribution in [3.8, 4) is 5.69 Å². The van der Waals surface area contributed by atoms with Gasteiger partial charge >= 0.3 is 12.4 Å². The summed E-state index contributed by atoms with van der Waals surface area (Å²) in [5, 5.41) is 3.61. The zero-order valence-electron chi connectivity index (χ0n) is 9.30.